The highest BCUT2D eigenvalue weighted by Gasteiger charge is 2.07. The number of hydrogen-bond acceptors (Lipinski definition) is 1. The molecule has 0 saturated carbocycles. The van der Waals surface area contributed by atoms with Crippen LogP contribution in [-0.4, -0.2) is 0 Å². The minimum absolute atomic E-state index is 0.0853. The first-order valence-corrected chi connectivity index (χ1v) is 5.62. The molecule has 0 heterocycles. The molecule has 0 aromatic heterocycles. The van der Waals surface area contributed by atoms with E-state index in [4.69, 9.17) is 17.3 Å². The van der Waals surface area contributed by atoms with E-state index in [1.165, 1.54) is 5.56 Å². The molecule has 0 fully saturated rings. The molecule has 1 unspecified atom stereocenters. The van der Waals surface area contributed by atoms with Gasteiger partial charge in [-0.1, -0.05) is 53.6 Å². The third kappa shape index (κ3) is 2.43. The molecule has 0 bridgehead atoms. The van der Waals surface area contributed by atoms with Gasteiger partial charge >= 0.3 is 0 Å². The largest absolute Gasteiger partial charge is 0.320 e. The number of nitrogens with two attached hydrogens (primary N) is 1. The molecule has 2 N–H and O–H groups in total. The molecule has 2 aromatic carbocycles. The second kappa shape index (κ2) is 4.69. The van der Waals surface area contributed by atoms with Crippen LogP contribution in [0.2, 0.25) is 5.02 Å². The number of hydrogen-bond donors (Lipinski definition) is 1. The first-order valence-electron chi connectivity index (χ1n) is 5.24. The molecule has 2 heteroatoms. The minimum Gasteiger partial charge on any atom is -0.320 e. The summed E-state index contributed by atoms with van der Waals surface area (Å²) in [6.07, 6.45) is 0. The normalized spacial score (nSPS) is 12.4. The van der Waals surface area contributed by atoms with Gasteiger partial charge in [0.25, 0.3) is 0 Å². The Kier molecular flexibility index (Phi) is 3.28. The van der Waals surface area contributed by atoms with Crippen molar-refractivity contribution >= 4 is 11.6 Å². The first kappa shape index (κ1) is 11.2. The molecule has 2 rings (SSSR count). The summed E-state index contributed by atoms with van der Waals surface area (Å²) in [5.41, 5.74) is 9.61. The van der Waals surface area contributed by atoms with E-state index in [2.05, 4.69) is 31.2 Å². The maximum atomic E-state index is 6.17. The molecule has 0 aliphatic heterocycles. The van der Waals surface area contributed by atoms with Gasteiger partial charge in [0.2, 0.25) is 0 Å². The molecule has 82 valence electrons. The number of halogens is 1. The molecule has 0 saturated heterocycles. The molecule has 2 aromatic rings. The fourth-order valence-electron chi connectivity index (χ4n) is 1.64. The van der Waals surface area contributed by atoms with E-state index < -0.39 is 0 Å². The summed E-state index contributed by atoms with van der Waals surface area (Å²) < 4.78 is 0. The number of aryl methyl sites for hydroxylation is 1. The predicted octanol–water partition coefficient (Wildman–Crippen LogP) is 3.70. The third-order valence-electron chi connectivity index (χ3n) is 2.67. The fraction of sp³-hybridized carbons (Fsp3) is 0.143. The summed E-state index contributed by atoms with van der Waals surface area (Å²) in [7, 11) is 0. The van der Waals surface area contributed by atoms with Crippen molar-refractivity contribution in [2.45, 2.75) is 13.0 Å². The maximum absolute atomic E-state index is 6.17. The van der Waals surface area contributed by atoms with Gasteiger partial charge in [-0.15, -0.1) is 0 Å². The van der Waals surface area contributed by atoms with Crippen molar-refractivity contribution in [2.24, 2.45) is 5.73 Å². The molecular weight excluding hydrogens is 218 g/mol. The van der Waals surface area contributed by atoms with Crippen LogP contribution < -0.4 is 5.73 Å². The smallest absolute Gasteiger partial charge is 0.0551 e. The van der Waals surface area contributed by atoms with Crippen molar-refractivity contribution < 1.29 is 0 Å². The molecule has 0 aliphatic carbocycles. The van der Waals surface area contributed by atoms with Crippen molar-refractivity contribution in [3.05, 3.63) is 70.2 Å². The lowest BCUT2D eigenvalue weighted by molar-refractivity contribution is 0.871. The molecule has 1 atom stereocenters. The summed E-state index contributed by atoms with van der Waals surface area (Å²) in [4.78, 5) is 0. The topological polar surface area (TPSA) is 26.0 Å². The summed E-state index contributed by atoms with van der Waals surface area (Å²) in [6, 6.07) is 15.9. The van der Waals surface area contributed by atoms with Crippen molar-refractivity contribution in [1.29, 1.82) is 0 Å². The molecule has 0 spiro atoms. The molecular formula is C14H14ClN. The average Bonchev–Trinajstić information content (AvgIpc) is 2.30. The minimum atomic E-state index is -0.0853. The Balaban J connectivity index is 2.28. The van der Waals surface area contributed by atoms with Gasteiger partial charge in [-0.25, -0.2) is 0 Å². The van der Waals surface area contributed by atoms with E-state index in [9.17, 15) is 0 Å². The highest BCUT2D eigenvalue weighted by Crippen LogP contribution is 2.21. The zero-order valence-electron chi connectivity index (χ0n) is 9.15. The standard InChI is InChI=1S/C14H14ClN/c1-10-2-4-11(5-3-10)14(16)12-6-8-13(15)9-7-12/h2-9,14H,16H2,1H3. The van der Waals surface area contributed by atoms with Crippen molar-refractivity contribution in [1.82, 2.24) is 0 Å². The lowest BCUT2D eigenvalue weighted by Gasteiger charge is -2.12. The van der Waals surface area contributed by atoms with Gasteiger partial charge in [0.1, 0.15) is 0 Å². The van der Waals surface area contributed by atoms with Crippen molar-refractivity contribution in [3.8, 4) is 0 Å². The Morgan fingerprint density at radius 1 is 0.875 bits per heavy atom. The Morgan fingerprint density at radius 3 is 1.81 bits per heavy atom. The van der Waals surface area contributed by atoms with Gasteiger partial charge in [-0.05, 0) is 30.2 Å². The summed E-state index contributed by atoms with van der Waals surface area (Å²) >= 11 is 5.84. The van der Waals surface area contributed by atoms with E-state index in [0.29, 0.717) is 0 Å². The van der Waals surface area contributed by atoms with Gasteiger partial charge < -0.3 is 5.73 Å². The molecule has 0 radical (unpaired) electrons. The number of rotatable bonds is 2. The highest BCUT2D eigenvalue weighted by molar-refractivity contribution is 6.30. The molecule has 16 heavy (non-hydrogen) atoms. The molecule has 0 amide bonds. The van der Waals surface area contributed by atoms with Crippen molar-refractivity contribution in [2.75, 3.05) is 0 Å². The Bertz CT molecular complexity index is 414. The quantitative estimate of drug-likeness (QED) is 0.838. The van der Waals surface area contributed by atoms with Crippen LogP contribution in [0.15, 0.2) is 48.5 Å². The van der Waals surface area contributed by atoms with E-state index >= 15 is 0 Å². The predicted molar refractivity (Wildman–Crippen MR) is 68.7 cm³/mol. The third-order valence-corrected chi connectivity index (χ3v) is 2.92. The summed E-state index contributed by atoms with van der Waals surface area (Å²) in [6.45, 7) is 2.07. The van der Waals surface area contributed by atoms with E-state index in [0.717, 1.165) is 16.1 Å². The van der Waals surface area contributed by atoms with Gasteiger partial charge in [-0.2, -0.15) is 0 Å². The van der Waals surface area contributed by atoms with Crippen LogP contribution in [0, 0.1) is 6.92 Å². The van der Waals surface area contributed by atoms with E-state index in [-0.39, 0.29) is 6.04 Å². The van der Waals surface area contributed by atoms with Gasteiger partial charge in [0.05, 0.1) is 6.04 Å². The lowest BCUT2D eigenvalue weighted by atomic mass is 9.99. The van der Waals surface area contributed by atoms with Gasteiger partial charge in [0, 0.05) is 5.02 Å². The SMILES string of the molecule is Cc1ccc(C(N)c2ccc(Cl)cc2)cc1. The van der Waals surface area contributed by atoms with E-state index in [1.807, 2.05) is 24.3 Å². The lowest BCUT2D eigenvalue weighted by Crippen LogP contribution is -2.11. The zero-order chi connectivity index (χ0) is 11.5. The second-order valence-corrected chi connectivity index (χ2v) is 4.38. The highest BCUT2D eigenvalue weighted by atomic mass is 35.5. The Morgan fingerprint density at radius 2 is 1.31 bits per heavy atom. The first-order chi connectivity index (χ1) is 7.66. The van der Waals surface area contributed by atoms with Crippen LogP contribution in [0.4, 0.5) is 0 Å². The van der Waals surface area contributed by atoms with Crippen LogP contribution in [0.25, 0.3) is 0 Å². The maximum Gasteiger partial charge on any atom is 0.0551 e. The van der Waals surface area contributed by atoms with Crippen LogP contribution in [-0.2, 0) is 0 Å². The number of benzene rings is 2. The second-order valence-electron chi connectivity index (χ2n) is 3.94. The van der Waals surface area contributed by atoms with Crippen LogP contribution >= 0.6 is 11.6 Å². The molecule has 1 nitrogen and oxygen atoms in total. The summed E-state index contributed by atoms with van der Waals surface area (Å²) in [5, 5.41) is 0.736. The zero-order valence-corrected chi connectivity index (χ0v) is 9.91. The van der Waals surface area contributed by atoms with Crippen molar-refractivity contribution in [3.63, 3.8) is 0 Å². The van der Waals surface area contributed by atoms with Gasteiger partial charge in [0.15, 0.2) is 0 Å². The Labute approximate surface area is 101 Å². The summed E-state index contributed by atoms with van der Waals surface area (Å²) in [5.74, 6) is 0. The monoisotopic (exact) mass is 231 g/mol. The van der Waals surface area contributed by atoms with Crippen LogP contribution in [0.3, 0.4) is 0 Å². The van der Waals surface area contributed by atoms with Crippen LogP contribution in [0.1, 0.15) is 22.7 Å². The Hall–Kier alpha value is -1.31. The molecule has 0 aliphatic rings. The van der Waals surface area contributed by atoms with E-state index in [1.54, 1.807) is 0 Å². The fourth-order valence-corrected chi connectivity index (χ4v) is 1.76. The average molecular weight is 232 g/mol. The van der Waals surface area contributed by atoms with Crippen LogP contribution in [0.5, 0.6) is 0 Å². The van der Waals surface area contributed by atoms with Gasteiger partial charge in [-0.3, -0.25) is 0 Å².